The standard InChI is InChI=1S/C20H26O4/c1-2-17(22)24-20-10-13-6-14(11-20)9-19(8-13,12-20)18(23)15-4-3-5-16(21)7-15/h2,13-15H,1,3-12H2. The highest BCUT2D eigenvalue weighted by Gasteiger charge is 2.62. The number of carbonyl (C=O) groups is 3. The van der Waals surface area contributed by atoms with E-state index in [2.05, 4.69) is 6.58 Å². The minimum absolute atomic E-state index is 0.102. The maximum atomic E-state index is 13.4. The predicted molar refractivity (Wildman–Crippen MR) is 88.1 cm³/mol. The third kappa shape index (κ3) is 2.55. The van der Waals surface area contributed by atoms with Gasteiger partial charge in [-0.1, -0.05) is 6.58 Å². The van der Waals surface area contributed by atoms with Crippen LogP contribution in [-0.2, 0) is 19.1 Å². The Labute approximate surface area is 143 Å². The van der Waals surface area contributed by atoms with E-state index in [0.717, 1.165) is 44.9 Å². The molecule has 5 rings (SSSR count). The summed E-state index contributed by atoms with van der Waals surface area (Å²) in [5.41, 5.74) is -0.822. The lowest BCUT2D eigenvalue weighted by atomic mass is 9.45. The first-order chi connectivity index (χ1) is 11.4. The first-order valence-electron chi connectivity index (χ1n) is 9.35. The summed E-state index contributed by atoms with van der Waals surface area (Å²) >= 11 is 0. The molecule has 130 valence electrons. The summed E-state index contributed by atoms with van der Waals surface area (Å²) in [4.78, 5) is 37.0. The Hall–Kier alpha value is -1.45. The van der Waals surface area contributed by atoms with Gasteiger partial charge in [0.25, 0.3) is 0 Å². The number of Topliss-reactive ketones (excluding diaryl/α,β-unsaturated/α-hetero) is 2. The number of carbonyl (C=O) groups excluding carboxylic acids is 3. The van der Waals surface area contributed by atoms with Crippen molar-refractivity contribution in [1.82, 2.24) is 0 Å². The largest absolute Gasteiger partial charge is 0.456 e. The van der Waals surface area contributed by atoms with Gasteiger partial charge in [0.2, 0.25) is 0 Å². The summed E-state index contributed by atoms with van der Waals surface area (Å²) in [6.07, 6.45) is 9.44. The molecule has 0 radical (unpaired) electrons. The van der Waals surface area contributed by atoms with E-state index in [9.17, 15) is 14.4 Å². The second kappa shape index (κ2) is 5.53. The van der Waals surface area contributed by atoms with Crippen molar-refractivity contribution in [2.24, 2.45) is 23.2 Å². The van der Waals surface area contributed by atoms with Crippen LogP contribution in [0.3, 0.4) is 0 Å². The van der Waals surface area contributed by atoms with Crippen LogP contribution in [0, 0.1) is 23.2 Å². The maximum absolute atomic E-state index is 13.4. The van der Waals surface area contributed by atoms with Crippen molar-refractivity contribution in [3.63, 3.8) is 0 Å². The molecule has 0 aromatic rings. The number of hydrogen-bond donors (Lipinski definition) is 0. The Morgan fingerprint density at radius 3 is 2.50 bits per heavy atom. The zero-order chi connectivity index (χ0) is 16.9. The lowest BCUT2D eigenvalue weighted by Crippen LogP contribution is -2.60. The van der Waals surface area contributed by atoms with Crippen molar-refractivity contribution < 1.29 is 19.1 Å². The molecule has 0 saturated heterocycles. The van der Waals surface area contributed by atoms with Crippen LogP contribution < -0.4 is 0 Å². The topological polar surface area (TPSA) is 60.4 Å². The van der Waals surface area contributed by atoms with Gasteiger partial charge < -0.3 is 4.74 Å². The van der Waals surface area contributed by atoms with Crippen LogP contribution in [-0.4, -0.2) is 23.1 Å². The first-order valence-corrected chi connectivity index (χ1v) is 9.35. The highest BCUT2D eigenvalue weighted by atomic mass is 16.6. The third-order valence-corrected chi connectivity index (χ3v) is 6.87. The average molecular weight is 330 g/mol. The summed E-state index contributed by atoms with van der Waals surface area (Å²) in [5, 5.41) is 0. The Bertz CT molecular complexity index is 591. The lowest BCUT2D eigenvalue weighted by molar-refractivity contribution is -0.200. The molecular formula is C20H26O4. The van der Waals surface area contributed by atoms with Crippen LogP contribution in [0.2, 0.25) is 0 Å². The smallest absolute Gasteiger partial charge is 0.330 e. The van der Waals surface area contributed by atoms with Crippen LogP contribution in [0.4, 0.5) is 0 Å². The SMILES string of the molecule is C=CC(=O)OC12CC3CC(C1)CC(C(=O)C1CCCC(=O)C1)(C3)C2. The van der Waals surface area contributed by atoms with Gasteiger partial charge >= 0.3 is 5.97 Å². The van der Waals surface area contributed by atoms with E-state index in [1.165, 1.54) is 6.08 Å². The second-order valence-corrected chi connectivity index (χ2v) is 8.75. The van der Waals surface area contributed by atoms with E-state index in [-0.39, 0.29) is 23.1 Å². The summed E-state index contributed by atoms with van der Waals surface area (Å²) in [7, 11) is 0. The van der Waals surface area contributed by atoms with E-state index < -0.39 is 5.60 Å². The van der Waals surface area contributed by atoms with E-state index in [1.807, 2.05) is 0 Å². The molecule has 0 N–H and O–H groups in total. The number of hydrogen-bond acceptors (Lipinski definition) is 4. The van der Waals surface area contributed by atoms with E-state index in [1.54, 1.807) is 0 Å². The van der Waals surface area contributed by atoms with Gasteiger partial charge in [0.05, 0.1) is 0 Å². The molecule has 0 heterocycles. The molecule has 0 aromatic carbocycles. The molecule has 5 saturated carbocycles. The van der Waals surface area contributed by atoms with Crippen molar-refractivity contribution in [3.8, 4) is 0 Å². The number of ketones is 2. The summed E-state index contributed by atoms with van der Waals surface area (Å²) in [6, 6.07) is 0. The van der Waals surface area contributed by atoms with Gasteiger partial charge in [-0.05, 0) is 63.2 Å². The number of rotatable bonds is 4. The van der Waals surface area contributed by atoms with Crippen molar-refractivity contribution in [1.29, 1.82) is 0 Å². The van der Waals surface area contributed by atoms with Crippen LogP contribution in [0.15, 0.2) is 12.7 Å². The molecule has 0 aromatic heterocycles. The molecule has 0 amide bonds. The molecule has 24 heavy (non-hydrogen) atoms. The number of esters is 1. The first kappa shape index (κ1) is 16.0. The average Bonchev–Trinajstić information content (AvgIpc) is 2.52. The van der Waals surface area contributed by atoms with Gasteiger partial charge in [-0.3, -0.25) is 9.59 Å². The highest BCUT2D eigenvalue weighted by molar-refractivity contribution is 5.93. The summed E-state index contributed by atoms with van der Waals surface area (Å²) < 4.78 is 5.81. The van der Waals surface area contributed by atoms with Crippen molar-refractivity contribution in [2.45, 2.75) is 69.8 Å². The molecule has 4 bridgehead atoms. The second-order valence-electron chi connectivity index (χ2n) is 8.75. The van der Waals surface area contributed by atoms with Gasteiger partial charge in [0, 0.05) is 30.3 Å². The summed E-state index contributed by atoms with van der Waals surface area (Å²) in [5.74, 6) is 1.02. The van der Waals surface area contributed by atoms with E-state index in [0.29, 0.717) is 36.9 Å². The fourth-order valence-electron chi connectivity index (χ4n) is 6.52. The zero-order valence-corrected chi connectivity index (χ0v) is 14.2. The maximum Gasteiger partial charge on any atom is 0.330 e. The van der Waals surface area contributed by atoms with Gasteiger partial charge in [-0.2, -0.15) is 0 Å². The summed E-state index contributed by atoms with van der Waals surface area (Å²) in [6.45, 7) is 3.51. The Morgan fingerprint density at radius 1 is 1.17 bits per heavy atom. The predicted octanol–water partition coefficient (Wildman–Crippen LogP) is 3.38. The van der Waals surface area contributed by atoms with Crippen LogP contribution in [0.25, 0.3) is 0 Å². The Balaban J connectivity index is 1.60. The minimum Gasteiger partial charge on any atom is -0.456 e. The molecule has 0 spiro atoms. The molecule has 0 aliphatic heterocycles. The monoisotopic (exact) mass is 330 g/mol. The third-order valence-electron chi connectivity index (χ3n) is 6.87. The molecule has 4 nitrogen and oxygen atoms in total. The fraction of sp³-hybridized carbons (Fsp3) is 0.750. The normalized spacial score (nSPS) is 43.5. The van der Waals surface area contributed by atoms with E-state index in [4.69, 9.17) is 4.74 Å². The fourth-order valence-corrected chi connectivity index (χ4v) is 6.52. The van der Waals surface area contributed by atoms with Gasteiger partial charge in [0.15, 0.2) is 0 Å². The van der Waals surface area contributed by atoms with Gasteiger partial charge in [0.1, 0.15) is 17.2 Å². The van der Waals surface area contributed by atoms with Crippen molar-refractivity contribution in [3.05, 3.63) is 12.7 Å². The molecule has 5 fully saturated rings. The van der Waals surface area contributed by atoms with Crippen molar-refractivity contribution >= 4 is 17.5 Å². The van der Waals surface area contributed by atoms with Crippen molar-refractivity contribution in [2.75, 3.05) is 0 Å². The zero-order valence-electron chi connectivity index (χ0n) is 14.2. The number of ether oxygens (including phenoxy) is 1. The van der Waals surface area contributed by atoms with Crippen LogP contribution in [0.5, 0.6) is 0 Å². The molecule has 3 atom stereocenters. The molecular weight excluding hydrogens is 304 g/mol. The molecule has 4 heteroatoms. The van der Waals surface area contributed by atoms with E-state index >= 15 is 0 Å². The quantitative estimate of drug-likeness (QED) is 0.585. The van der Waals surface area contributed by atoms with Gasteiger partial charge in [-0.15, -0.1) is 0 Å². The Morgan fingerprint density at radius 2 is 1.88 bits per heavy atom. The minimum atomic E-state index is -0.469. The highest BCUT2D eigenvalue weighted by Crippen LogP contribution is 2.64. The van der Waals surface area contributed by atoms with Gasteiger partial charge in [-0.25, -0.2) is 4.79 Å². The molecule has 5 aliphatic rings. The molecule has 3 unspecified atom stereocenters. The lowest BCUT2D eigenvalue weighted by Gasteiger charge is -2.61. The molecule has 5 aliphatic carbocycles. The van der Waals surface area contributed by atoms with Crippen LogP contribution >= 0.6 is 0 Å². The van der Waals surface area contributed by atoms with Crippen LogP contribution in [0.1, 0.15) is 64.2 Å². The Kier molecular flexibility index (Phi) is 3.70.